The van der Waals surface area contributed by atoms with Crippen molar-refractivity contribution in [1.82, 2.24) is 5.32 Å². The van der Waals surface area contributed by atoms with Gasteiger partial charge in [-0.1, -0.05) is 6.08 Å². The van der Waals surface area contributed by atoms with E-state index in [2.05, 4.69) is 10.1 Å². The third-order valence-corrected chi connectivity index (χ3v) is 3.00. The lowest BCUT2D eigenvalue weighted by molar-refractivity contribution is -0.140. The first-order chi connectivity index (χ1) is 10.9. The number of rotatable bonds is 9. The number of amides is 1. The molecule has 126 valence electrons. The first kappa shape index (κ1) is 18.2. The summed E-state index contributed by atoms with van der Waals surface area (Å²) in [5, 5.41) is 19.5. The summed E-state index contributed by atoms with van der Waals surface area (Å²) in [5.74, 6) is -2.21. The molecule has 2 unspecified atom stereocenters. The van der Waals surface area contributed by atoms with E-state index < -0.39 is 24.1 Å². The summed E-state index contributed by atoms with van der Waals surface area (Å²) in [5.41, 5.74) is 0. The standard InChI is InChI=1S/C14H17NO8/c16-8-23-10-3-1-9(2-4-10)7-22-14(21)15-11(13(19)20)5-6-12(17)18/h1,3-4,8-9,11H,2,5-7H2,(H,15,21)(H,17,18)(H,19,20). The third-order valence-electron chi connectivity index (χ3n) is 3.00. The molecule has 0 aliphatic heterocycles. The van der Waals surface area contributed by atoms with E-state index in [0.717, 1.165) is 0 Å². The minimum absolute atomic E-state index is 0.0124. The first-order valence-electron chi connectivity index (χ1n) is 6.79. The van der Waals surface area contributed by atoms with Crippen molar-refractivity contribution in [3.05, 3.63) is 24.0 Å². The van der Waals surface area contributed by atoms with Crippen molar-refractivity contribution in [2.45, 2.75) is 25.3 Å². The molecule has 1 aliphatic rings. The zero-order chi connectivity index (χ0) is 17.2. The molecule has 9 heteroatoms. The highest BCUT2D eigenvalue weighted by molar-refractivity contribution is 5.80. The minimum Gasteiger partial charge on any atom is -0.481 e. The van der Waals surface area contributed by atoms with Gasteiger partial charge < -0.3 is 25.0 Å². The second-order valence-electron chi connectivity index (χ2n) is 4.74. The minimum atomic E-state index is -1.33. The van der Waals surface area contributed by atoms with Crippen LogP contribution in [0, 0.1) is 5.92 Å². The Bertz CT molecular complexity index is 525. The molecule has 1 aliphatic carbocycles. The van der Waals surface area contributed by atoms with Gasteiger partial charge in [-0.25, -0.2) is 9.59 Å². The van der Waals surface area contributed by atoms with Crippen LogP contribution in [0.2, 0.25) is 0 Å². The monoisotopic (exact) mass is 327 g/mol. The molecule has 0 spiro atoms. The Hall–Kier alpha value is -2.84. The summed E-state index contributed by atoms with van der Waals surface area (Å²) < 4.78 is 9.55. The summed E-state index contributed by atoms with van der Waals surface area (Å²) >= 11 is 0. The van der Waals surface area contributed by atoms with Crippen LogP contribution >= 0.6 is 0 Å². The topological polar surface area (TPSA) is 139 Å². The smallest absolute Gasteiger partial charge is 0.407 e. The summed E-state index contributed by atoms with van der Waals surface area (Å²) in [7, 11) is 0. The molecule has 0 aromatic heterocycles. The molecule has 0 aromatic carbocycles. The highest BCUT2D eigenvalue weighted by atomic mass is 16.5. The van der Waals surface area contributed by atoms with Gasteiger partial charge in [0.25, 0.3) is 6.47 Å². The Morgan fingerprint density at radius 1 is 1.39 bits per heavy atom. The van der Waals surface area contributed by atoms with Gasteiger partial charge in [0.15, 0.2) is 0 Å². The normalized spacial score (nSPS) is 17.6. The van der Waals surface area contributed by atoms with E-state index >= 15 is 0 Å². The summed E-state index contributed by atoms with van der Waals surface area (Å²) in [6.07, 6.45) is 3.87. The van der Waals surface area contributed by atoms with Gasteiger partial charge in [0.05, 0.1) is 6.61 Å². The molecule has 0 bridgehead atoms. The lowest BCUT2D eigenvalue weighted by Gasteiger charge is -2.17. The van der Waals surface area contributed by atoms with Crippen LogP contribution < -0.4 is 5.32 Å². The highest BCUT2D eigenvalue weighted by Crippen LogP contribution is 2.17. The maximum Gasteiger partial charge on any atom is 0.407 e. The predicted octanol–water partition coefficient (Wildman–Crippen LogP) is 0.664. The molecule has 0 radical (unpaired) electrons. The Balaban J connectivity index is 2.36. The summed E-state index contributed by atoms with van der Waals surface area (Å²) in [6, 6.07) is -1.33. The molecule has 23 heavy (non-hydrogen) atoms. The van der Waals surface area contributed by atoms with Gasteiger partial charge in [0.2, 0.25) is 0 Å². The number of nitrogens with one attached hydrogen (secondary N) is 1. The van der Waals surface area contributed by atoms with Crippen LogP contribution in [0.4, 0.5) is 4.79 Å². The van der Waals surface area contributed by atoms with E-state index in [0.29, 0.717) is 18.7 Å². The van der Waals surface area contributed by atoms with E-state index in [9.17, 15) is 19.2 Å². The predicted molar refractivity (Wildman–Crippen MR) is 75.3 cm³/mol. The van der Waals surface area contributed by atoms with E-state index in [1.807, 2.05) is 0 Å². The number of hydrogen-bond acceptors (Lipinski definition) is 6. The van der Waals surface area contributed by atoms with E-state index in [-0.39, 0.29) is 25.4 Å². The molecular weight excluding hydrogens is 310 g/mol. The molecule has 3 N–H and O–H groups in total. The maximum atomic E-state index is 11.6. The zero-order valence-electron chi connectivity index (χ0n) is 12.1. The van der Waals surface area contributed by atoms with E-state index in [4.69, 9.17) is 14.9 Å². The molecule has 9 nitrogen and oxygen atoms in total. The number of ether oxygens (including phenoxy) is 2. The summed E-state index contributed by atoms with van der Waals surface area (Å²) in [4.78, 5) is 43.1. The van der Waals surface area contributed by atoms with Crippen molar-refractivity contribution in [2.75, 3.05) is 6.61 Å². The number of carbonyl (C=O) groups excluding carboxylic acids is 2. The Morgan fingerprint density at radius 2 is 2.13 bits per heavy atom. The lowest BCUT2D eigenvalue weighted by atomic mass is 10.0. The maximum absolute atomic E-state index is 11.6. The fourth-order valence-corrected chi connectivity index (χ4v) is 1.80. The van der Waals surface area contributed by atoms with Crippen molar-refractivity contribution in [3.8, 4) is 0 Å². The fourth-order valence-electron chi connectivity index (χ4n) is 1.80. The van der Waals surface area contributed by atoms with Crippen LogP contribution in [0.5, 0.6) is 0 Å². The van der Waals surface area contributed by atoms with Crippen molar-refractivity contribution in [3.63, 3.8) is 0 Å². The van der Waals surface area contributed by atoms with Crippen LogP contribution in [0.1, 0.15) is 19.3 Å². The van der Waals surface area contributed by atoms with Gasteiger partial charge in [-0.15, -0.1) is 0 Å². The molecule has 2 atom stereocenters. The Morgan fingerprint density at radius 3 is 2.65 bits per heavy atom. The third kappa shape index (κ3) is 7.11. The molecule has 0 saturated heterocycles. The molecule has 1 amide bonds. The number of carboxylic acid groups (broad SMARTS) is 2. The number of hydrogen-bond donors (Lipinski definition) is 3. The van der Waals surface area contributed by atoms with Gasteiger partial charge in [-0.05, 0) is 25.0 Å². The molecule has 0 aromatic rings. The van der Waals surface area contributed by atoms with Gasteiger partial charge >= 0.3 is 18.0 Å². The van der Waals surface area contributed by atoms with Gasteiger partial charge in [0.1, 0.15) is 11.8 Å². The van der Waals surface area contributed by atoms with Crippen LogP contribution in [-0.2, 0) is 23.9 Å². The number of alkyl carbamates (subject to hydrolysis) is 1. The SMILES string of the molecule is O=COC1=CCC(COC(=O)NC(CCC(=O)O)C(=O)O)C=C1. The van der Waals surface area contributed by atoms with Crippen LogP contribution in [0.15, 0.2) is 24.0 Å². The molecular formula is C14H17NO8. The number of carbonyl (C=O) groups is 4. The Labute approximate surface area is 131 Å². The van der Waals surface area contributed by atoms with E-state index in [1.54, 1.807) is 18.2 Å². The van der Waals surface area contributed by atoms with Crippen LogP contribution in [-0.4, -0.2) is 47.4 Å². The first-order valence-corrected chi connectivity index (χ1v) is 6.79. The second-order valence-corrected chi connectivity index (χ2v) is 4.74. The fraction of sp³-hybridized carbons (Fsp3) is 0.429. The number of aliphatic carboxylic acids is 2. The van der Waals surface area contributed by atoms with Gasteiger partial charge in [-0.3, -0.25) is 9.59 Å². The van der Waals surface area contributed by atoms with Crippen LogP contribution in [0.3, 0.4) is 0 Å². The molecule has 1 rings (SSSR count). The van der Waals surface area contributed by atoms with Gasteiger partial charge in [0, 0.05) is 12.3 Å². The van der Waals surface area contributed by atoms with Crippen LogP contribution in [0.25, 0.3) is 0 Å². The second kappa shape index (κ2) is 9.23. The molecule has 0 fully saturated rings. The zero-order valence-corrected chi connectivity index (χ0v) is 12.1. The van der Waals surface area contributed by atoms with E-state index in [1.165, 1.54) is 0 Å². The van der Waals surface area contributed by atoms with Crippen molar-refractivity contribution >= 4 is 24.5 Å². The highest BCUT2D eigenvalue weighted by Gasteiger charge is 2.22. The van der Waals surface area contributed by atoms with Crippen molar-refractivity contribution in [1.29, 1.82) is 0 Å². The molecule has 0 heterocycles. The average Bonchev–Trinajstić information content (AvgIpc) is 2.50. The van der Waals surface area contributed by atoms with Gasteiger partial charge in [-0.2, -0.15) is 0 Å². The lowest BCUT2D eigenvalue weighted by Crippen LogP contribution is -2.41. The average molecular weight is 327 g/mol. The molecule has 0 saturated carbocycles. The largest absolute Gasteiger partial charge is 0.481 e. The Kier molecular flexibility index (Phi) is 7.31. The van der Waals surface area contributed by atoms with Crippen molar-refractivity contribution < 1.29 is 38.9 Å². The number of carboxylic acids is 2. The summed E-state index contributed by atoms with van der Waals surface area (Å²) in [6.45, 7) is 0.322. The van der Waals surface area contributed by atoms with Crippen molar-refractivity contribution in [2.24, 2.45) is 5.92 Å². The quantitative estimate of drug-likeness (QED) is 0.525. The number of allylic oxidation sites excluding steroid dienone is 2.